The van der Waals surface area contributed by atoms with Gasteiger partial charge in [0.15, 0.2) is 0 Å². The summed E-state index contributed by atoms with van der Waals surface area (Å²) in [5.74, 6) is -0.447. The molecule has 5 nitrogen and oxygen atoms in total. The molecule has 0 aliphatic rings. The number of rotatable bonds is 11. The summed E-state index contributed by atoms with van der Waals surface area (Å²) in [5.41, 5.74) is 2.81. The summed E-state index contributed by atoms with van der Waals surface area (Å²) in [4.78, 5) is 25.8. The molecule has 29 heavy (non-hydrogen) atoms. The summed E-state index contributed by atoms with van der Waals surface area (Å²) < 4.78 is 4.85. The van der Waals surface area contributed by atoms with Crippen molar-refractivity contribution in [1.82, 2.24) is 4.90 Å². The normalized spacial score (nSPS) is 10.8. The van der Waals surface area contributed by atoms with E-state index in [1.807, 2.05) is 48.5 Å². The van der Waals surface area contributed by atoms with Gasteiger partial charge in [-0.05, 0) is 42.7 Å². The molecular formula is C24H28N2O3. The molecule has 2 aromatic carbocycles. The summed E-state index contributed by atoms with van der Waals surface area (Å²) in [5, 5.41) is 2.91. The topological polar surface area (TPSA) is 58.6 Å². The van der Waals surface area contributed by atoms with Crippen molar-refractivity contribution in [2.75, 3.05) is 31.6 Å². The molecule has 1 amide bonds. The number of carbonyl (C=O) groups excluding carboxylic acids is 2. The quantitative estimate of drug-likeness (QED) is 0.358. The monoisotopic (exact) mass is 392 g/mol. The van der Waals surface area contributed by atoms with Crippen molar-refractivity contribution < 1.29 is 14.3 Å². The number of benzene rings is 2. The molecule has 0 fully saturated rings. The highest BCUT2D eigenvalue weighted by molar-refractivity contribution is 5.92. The highest BCUT2D eigenvalue weighted by Gasteiger charge is 2.10. The van der Waals surface area contributed by atoms with E-state index >= 15 is 0 Å². The molecule has 0 bridgehead atoms. The lowest BCUT2D eigenvalue weighted by molar-refractivity contribution is -0.137. The number of anilines is 1. The van der Waals surface area contributed by atoms with Crippen LogP contribution in [0.1, 0.15) is 18.1 Å². The number of hydrogen-bond acceptors (Lipinski definition) is 4. The Morgan fingerprint density at radius 3 is 2.48 bits per heavy atom. The van der Waals surface area contributed by atoms with Crippen molar-refractivity contribution in [3.63, 3.8) is 0 Å². The van der Waals surface area contributed by atoms with Crippen LogP contribution in [0.3, 0.4) is 0 Å². The molecular weight excluding hydrogens is 364 g/mol. The lowest BCUT2D eigenvalue weighted by Crippen LogP contribution is -2.34. The van der Waals surface area contributed by atoms with Crippen LogP contribution in [0.4, 0.5) is 5.69 Å². The second kappa shape index (κ2) is 12.3. The molecule has 0 heterocycles. The van der Waals surface area contributed by atoms with Crippen molar-refractivity contribution >= 4 is 23.6 Å². The number of ether oxygens (including phenoxy) is 1. The van der Waals surface area contributed by atoms with Crippen LogP contribution in [0.2, 0.25) is 0 Å². The Morgan fingerprint density at radius 2 is 1.83 bits per heavy atom. The van der Waals surface area contributed by atoms with E-state index in [-0.39, 0.29) is 11.9 Å². The van der Waals surface area contributed by atoms with E-state index in [2.05, 4.69) is 28.9 Å². The first-order valence-corrected chi connectivity index (χ1v) is 9.72. The van der Waals surface area contributed by atoms with E-state index in [9.17, 15) is 9.59 Å². The molecule has 0 radical (unpaired) electrons. The van der Waals surface area contributed by atoms with Crippen LogP contribution in [-0.4, -0.2) is 43.0 Å². The number of nitrogens with one attached hydrogen (secondary N) is 1. The van der Waals surface area contributed by atoms with Gasteiger partial charge in [0.2, 0.25) is 5.91 Å². The van der Waals surface area contributed by atoms with Crippen LogP contribution in [0.15, 0.2) is 73.3 Å². The minimum Gasteiger partial charge on any atom is -0.463 e. The number of nitrogens with zero attached hydrogens (tertiary/aromatic N) is 1. The molecule has 0 atom stereocenters. The van der Waals surface area contributed by atoms with E-state index in [1.165, 1.54) is 11.6 Å². The fraction of sp³-hybridized carbons (Fsp3) is 0.250. The highest BCUT2D eigenvalue weighted by atomic mass is 16.5. The van der Waals surface area contributed by atoms with Crippen molar-refractivity contribution in [3.8, 4) is 0 Å². The van der Waals surface area contributed by atoms with Crippen molar-refractivity contribution in [2.45, 2.75) is 13.3 Å². The van der Waals surface area contributed by atoms with Gasteiger partial charge in [0.25, 0.3) is 0 Å². The Morgan fingerprint density at radius 1 is 1.10 bits per heavy atom. The largest absolute Gasteiger partial charge is 0.463 e. The molecule has 2 rings (SSSR count). The predicted octanol–water partition coefficient (Wildman–Crippen LogP) is 3.93. The van der Waals surface area contributed by atoms with Gasteiger partial charge in [0, 0.05) is 24.9 Å². The minimum atomic E-state index is -0.373. The molecule has 0 aliphatic carbocycles. The number of hydrogen-bond donors (Lipinski definition) is 1. The summed E-state index contributed by atoms with van der Waals surface area (Å²) >= 11 is 0. The maximum atomic E-state index is 12.4. The van der Waals surface area contributed by atoms with Gasteiger partial charge in [0.05, 0.1) is 13.2 Å². The van der Waals surface area contributed by atoms with Gasteiger partial charge in [0.1, 0.15) is 0 Å². The molecule has 0 aromatic heterocycles. The van der Waals surface area contributed by atoms with Crippen LogP contribution in [0, 0.1) is 0 Å². The molecule has 0 saturated carbocycles. The Hall–Kier alpha value is -3.18. The third-order valence-corrected chi connectivity index (χ3v) is 4.21. The molecule has 152 valence electrons. The van der Waals surface area contributed by atoms with E-state index in [1.54, 1.807) is 13.0 Å². The van der Waals surface area contributed by atoms with Crippen molar-refractivity contribution in [1.29, 1.82) is 0 Å². The van der Waals surface area contributed by atoms with Gasteiger partial charge in [-0.3, -0.25) is 9.69 Å². The van der Waals surface area contributed by atoms with Gasteiger partial charge in [-0.1, -0.05) is 48.5 Å². The number of carbonyl (C=O) groups is 2. The third-order valence-electron chi connectivity index (χ3n) is 4.21. The Kier molecular flexibility index (Phi) is 9.39. The van der Waals surface area contributed by atoms with Crippen LogP contribution in [0.25, 0.3) is 6.08 Å². The average Bonchev–Trinajstić information content (AvgIpc) is 2.72. The first-order valence-electron chi connectivity index (χ1n) is 9.72. The lowest BCUT2D eigenvalue weighted by Gasteiger charge is -2.20. The van der Waals surface area contributed by atoms with Crippen LogP contribution < -0.4 is 5.32 Å². The maximum Gasteiger partial charge on any atom is 0.330 e. The Labute approximate surface area is 172 Å². The second-order valence-electron chi connectivity index (χ2n) is 6.51. The third kappa shape index (κ3) is 8.58. The SMILES string of the molecule is C=CCN(CCc1ccccc1)CC(=O)Nc1ccc(/C=C/C(=O)OCC)cc1. The van der Waals surface area contributed by atoms with E-state index in [0.29, 0.717) is 25.4 Å². The van der Waals surface area contributed by atoms with E-state index in [0.717, 1.165) is 18.5 Å². The standard InChI is InChI=1S/C24H28N2O3/c1-3-17-26(18-16-20-8-6-5-7-9-20)19-23(27)25-22-13-10-21(11-14-22)12-15-24(28)29-4-2/h3,5-15H,1,4,16-19H2,2H3,(H,25,27)/b15-12+. The zero-order valence-corrected chi connectivity index (χ0v) is 16.8. The maximum absolute atomic E-state index is 12.4. The fourth-order valence-electron chi connectivity index (χ4n) is 2.79. The second-order valence-corrected chi connectivity index (χ2v) is 6.51. The molecule has 0 saturated heterocycles. The first kappa shape index (κ1) is 22.1. The summed E-state index contributed by atoms with van der Waals surface area (Å²) in [7, 11) is 0. The predicted molar refractivity (Wildman–Crippen MR) is 118 cm³/mol. The van der Waals surface area contributed by atoms with Crippen molar-refractivity contribution in [3.05, 3.63) is 84.5 Å². The van der Waals surface area contributed by atoms with Crippen LogP contribution in [-0.2, 0) is 20.7 Å². The molecule has 0 unspecified atom stereocenters. The van der Waals surface area contributed by atoms with Gasteiger partial charge < -0.3 is 10.1 Å². The van der Waals surface area contributed by atoms with E-state index in [4.69, 9.17) is 4.74 Å². The summed E-state index contributed by atoms with van der Waals surface area (Å²) in [6.07, 6.45) is 5.75. The molecule has 0 spiro atoms. The average molecular weight is 392 g/mol. The zero-order valence-electron chi connectivity index (χ0n) is 16.8. The molecule has 5 heteroatoms. The number of esters is 1. The van der Waals surface area contributed by atoms with Gasteiger partial charge >= 0.3 is 5.97 Å². The van der Waals surface area contributed by atoms with Gasteiger partial charge in [-0.25, -0.2) is 4.79 Å². The van der Waals surface area contributed by atoms with Crippen LogP contribution >= 0.6 is 0 Å². The Bertz CT molecular complexity index is 814. The zero-order chi connectivity index (χ0) is 20.9. The summed E-state index contributed by atoms with van der Waals surface area (Å²) in [6, 6.07) is 17.5. The molecule has 2 aromatic rings. The smallest absolute Gasteiger partial charge is 0.330 e. The van der Waals surface area contributed by atoms with E-state index < -0.39 is 0 Å². The molecule has 1 N–H and O–H groups in total. The summed E-state index contributed by atoms with van der Waals surface area (Å²) in [6.45, 7) is 7.62. The highest BCUT2D eigenvalue weighted by Crippen LogP contribution is 2.11. The van der Waals surface area contributed by atoms with Crippen molar-refractivity contribution in [2.24, 2.45) is 0 Å². The van der Waals surface area contributed by atoms with Crippen LogP contribution in [0.5, 0.6) is 0 Å². The fourth-order valence-corrected chi connectivity index (χ4v) is 2.79. The lowest BCUT2D eigenvalue weighted by atomic mass is 10.1. The Balaban J connectivity index is 1.85. The van der Waals surface area contributed by atoms with Gasteiger partial charge in [-0.2, -0.15) is 0 Å². The first-order chi connectivity index (χ1) is 14.1. The minimum absolute atomic E-state index is 0.0743. The molecule has 0 aliphatic heterocycles. The number of amides is 1. The van der Waals surface area contributed by atoms with Gasteiger partial charge in [-0.15, -0.1) is 6.58 Å².